The van der Waals surface area contributed by atoms with E-state index in [1.54, 1.807) is 11.3 Å². The topological polar surface area (TPSA) is 26.0 Å². The third-order valence-corrected chi connectivity index (χ3v) is 4.99. The van der Waals surface area contributed by atoms with Gasteiger partial charge in [0.05, 0.1) is 6.04 Å². The number of nitrogens with two attached hydrogens (primary N) is 1. The second-order valence-corrected chi connectivity index (χ2v) is 6.14. The van der Waals surface area contributed by atoms with Crippen LogP contribution in [0.3, 0.4) is 0 Å². The van der Waals surface area contributed by atoms with Gasteiger partial charge in [0, 0.05) is 4.70 Å². The van der Waals surface area contributed by atoms with Crippen LogP contribution in [0.4, 0.5) is 0 Å². The molecule has 1 atom stereocenters. The van der Waals surface area contributed by atoms with Crippen LogP contribution in [0.1, 0.15) is 17.2 Å². The zero-order chi connectivity index (χ0) is 14.2. The average molecular weight is 289 g/mol. The fourth-order valence-corrected chi connectivity index (χ4v) is 3.93. The smallest absolute Gasteiger partial charge is 0.0572 e. The Kier molecular flexibility index (Phi) is 2.99. The minimum Gasteiger partial charge on any atom is -0.320 e. The molecular weight excluding hydrogens is 274 g/mol. The number of benzene rings is 3. The summed E-state index contributed by atoms with van der Waals surface area (Å²) in [5, 5.41) is 5.94. The second kappa shape index (κ2) is 4.99. The lowest BCUT2D eigenvalue weighted by Gasteiger charge is -2.14. The Hall–Kier alpha value is -2.16. The van der Waals surface area contributed by atoms with Crippen molar-refractivity contribution in [2.24, 2.45) is 5.73 Å². The lowest BCUT2D eigenvalue weighted by atomic mass is 9.94. The Morgan fingerprint density at radius 3 is 2.33 bits per heavy atom. The van der Waals surface area contributed by atoms with Gasteiger partial charge in [0.25, 0.3) is 0 Å². The Balaban J connectivity index is 1.92. The van der Waals surface area contributed by atoms with E-state index in [0.717, 1.165) is 0 Å². The van der Waals surface area contributed by atoms with E-state index in [0.29, 0.717) is 0 Å². The van der Waals surface area contributed by atoms with E-state index < -0.39 is 0 Å². The van der Waals surface area contributed by atoms with Crippen LogP contribution in [0.2, 0.25) is 0 Å². The summed E-state index contributed by atoms with van der Waals surface area (Å²) in [5.41, 5.74) is 9.01. The number of rotatable bonds is 2. The van der Waals surface area contributed by atoms with E-state index >= 15 is 0 Å². The van der Waals surface area contributed by atoms with Gasteiger partial charge in [-0.2, -0.15) is 0 Å². The van der Waals surface area contributed by atoms with Crippen molar-refractivity contribution in [1.29, 1.82) is 0 Å². The summed E-state index contributed by atoms with van der Waals surface area (Å²) in [6, 6.07) is 23.2. The molecule has 0 saturated heterocycles. The van der Waals surface area contributed by atoms with Crippen LogP contribution in [0.15, 0.2) is 72.1 Å². The monoisotopic (exact) mass is 289 g/mol. The van der Waals surface area contributed by atoms with Crippen molar-refractivity contribution in [1.82, 2.24) is 0 Å². The Morgan fingerprint density at radius 2 is 1.43 bits per heavy atom. The van der Waals surface area contributed by atoms with Gasteiger partial charge in [-0.1, -0.05) is 60.7 Å². The Labute approximate surface area is 127 Å². The highest BCUT2D eigenvalue weighted by Gasteiger charge is 2.15. The van der Waals surface area contributed by atoms with Gasteiger partial charge < -0.3 is 5.73 Å². The van der Waals surface area contributed by atoms with E-state index in [1.807, 2.05) is 0 Å². The van der Waals surface area contributed by atoms with Crippen LogP contribution < -0.4 is 5.73 Å². The first-order valence-electron chi connectivity index (χ1n) is 7.04. The van der Waals surface area contributed by atoms with Gasteiger partial charge in [0.15, 0.2) is 0 Å². The van der Waals surface area contributed by atoms with Crippen LogP contribution in [0, 0.1) is 0 Å². The molecule has 102 valence electrons. The third kappa shape index (κ3) is 2.04. The molecule has 0 amide bonds. The molecule has 1 unspecified atom stereocenters. The fraction of sp³-hybridized carbons (Fsp3) is 0.0526. The predicted molar refractivity (Wildman–Crippen MR) is 91.8 cm³/mol. The Morgan fingerprint density at radius 1 is 0.714 bits per heavy atom. The summed E-state index contributed by atoms with van der Waals surface area (Å²) in [7, 11) is 0. The zero-order valence-electron chi connectivity index (χ0n) is 11.5. The van der Waals surface area contributed by atoms with Gasteiger partial charge >= 0.3 is 0 Å². The molecular formula is C19H15NS. The molecule has 3 aromatic carbocycles. The highest BCUT2D eigenvalue weighted by molar-refractivity contribution is 7.17. The van der Waals surface area contributed by atoms with Gasteiger partial charge in [-0.3, -0.25) is 0 Å². The summed E-state index contributed by atoms with van der Waals surface area (Å²) in [6.45, 7) is 0. The molecule has 0 radical (unpaired) electrons. The molecule has 2 N–H and O–H groups in total. The molecule has 0 aliphatic carbocycles. The standard InChI is InChI=1S/C19H15NS/c20-19(17-12-21-18-11-4-3-9-15(17)18)16-10-5-7-13-6-1-2-8-14(13)16/h1-12,19H,20H2. The molecule has 1 heterocycles. The summed E-state index contributed by atoms with van der Waals surface area (Å²) in [4.78, 5) is 0. The first kappa shape index (κ1) is 12.6. The van der Waals surface area contributed by atoms with E-state index in [4.69, 9.17) is 5.73 Å². The number of hydrogen-bond donors (Lipinski definition) is 1. The van der Waals surface area contributed by atoms with Crippen molar-refractivity contribution in [3.8, 4) is 0 Å². The molecule has 0 saturated carbocycles. The van der Waals surface area contributed by atoms with Gasteiger partial charge in [-0.05, 0) is 38.7 Å². The van der Waals surface area contributed by atoms with Crippen molar-refractivity contribution in [2.75, 3.05) is 0 Å². The maximum absolute atomic E-state index is 6.60. The van der Waals surface area contributed by atoms with Crippen LogP contribution in [-0.4, -0.2) is 0 Å². The lowest BCUT2D eigenvalue weighted by Crippen LogP contribution is -2.11. The van der Waals surface area contributed by atoms with Crippen molar-refractivity contribution in [2.45, 2.75) is 6.04 Å². The number of hydrogen-bond acceptors (Lipinski definition) is 2. The summed E-state index contributed by atoms with van der Waals surface area (Å²) in [6.07, 6.45) is 0. The molecule has 0 spiro atoms. The van der Waals surface area contributed by atoms with Gasteiger partial charge in [-0.25, -0.2) is 0 Å². The first-order valence-corrected chi connectivity index (χ1v) is 7.92. The summed E-state index contributed by atoms with van der Waals surface area (Å²) < 4.78 is 1.29. The summed E-state index contributed by atoms with van der Waals surface area (Å²) >= 11 is 1.76. The molecule has 21 heavy (non-hydrogen) atoms. The molecule has 0 fully saturated rings. The largest absolute Gasteiger partial charge is 0.320 e. The Bertz CT molecular complexity index is 918. The average Bonchev–Trinajstić information content (AvgIpc) is 2.98. The van der Waals surface area contributed by atoms with E-state index in [2.05, 4.69) is 72.1 Å². The lowest BCUT2D eigenvalue weighted by molar-refractivity contribution is 0.894. The first-order chi connectivity index (χ1) is 10.3. The molecule has 0 aliphatic rings. The molecule has 0 aliphatic heterocycles. The highest BCUT2D eigenvalue weighted by Crippen LogP contribution is 2.34. The molecule has 2 heteroatoms. The van der Waals surface area contributed by atoms with Gasteiger partial charge in [-0.15, -0.1) is 11.3 Å². The maximum atomic E-state index is 6.60. The highest BCUT2D eigenvalue weighted by atomic mass is 32.1. The second-order valence-electron chi connectivity index (χ2n) is 5.23. The molecule has 1 nitrogen and oxygen atoms in total. The predicted octanol–water partition coefficient (Wildman–Crippen LogP) is 5.10. The van der Waals surface area contributed by atoms with Crippen molar-refractivity contribution < 1.29 is 0 Å². The van der Waals surface area contributed by atoms with E-state index in [9.17, 15) is 0 Å². The quantitative estimate of drug-likeness (QED) is 0.545. The van der Waals surface area contributed by atoms with Crippen molar-refractivity contribution in [3.63, 3.8) is 0 Å². The van der Waals surface area contributed by atoms with E-state index in [1.165, 1.54) is 32.0 Å². The van der Waals surface area contributed by atoms with Crippen LogP contribution in [0.25, 0.3) is 20.9 Å². The molecule has 1 aromatic heterocycles. The molecule has 0 bridgehead atoms. The summed E-state index contributed by atoms with van der Waals surface area (Å²) in [5.74, 6) is 0. The number of fused-ring (bicyclic) bond motifs is 2. The van der Waals surface area contributed by atoms with Gasteiger partial charge in [0.2, 0.25) is 0 Å². The van der Waals surface area contributed by atoms with Crippen molar-refractivity contribution in [3.05, 3.63) is 83.2 Å². The fourth-order valence-electron chi connectivity index (χ4n) is 2.93. The zero-order valence-corrected chi connectivity index (χ0v) is 12.3. The minimum absolute atomic E-state index is 0.0905. The molecule has 4 rings (SSSR count). The van der Waals surface area contributed by atoms with Crippen LogP contribution in [0.5, 0.6) is 0 Å². The number of thiophene rings is 1. The minimum atomic E-state index is -0.0905. The van der Waals surface area contributed by atoms with E-state index in [-0.39, 0.29) is 6.04 Å². The van der Waals surface area contributed by atoms with Gasteiger partial charge in [0.1, 0.15) is 0 Å². The molecule has 4 aromatic rings. The normalized spacial score (nSPS) is 12.8. The SMILES string of the molecule is NC(c1cccc2ccccc12)c1csc2ccccc12. The maximum Gasteiger partial charge on any atom is 0.0572 e. The van der Waals surface area contributed by atoms with Crippen LogP contribution >= 0.6 is 11.3 Å². The van der Waals surface area contributed by atoms with Crippen molar-refractivity contribution >= 4 is 32.2 Å². The third-order valence-electron chi connectivity index (χ3n) is 4.00. The van der Waals surface area contributed by atoms with Crippen LogP contribution in [-0.2, 0) is 0 Å².